The number of ether oxygens (including phenoxy) is 4. The summed E-state index contributed by atoms with van der Waals surface area (Å²) in [5.74, 6) is -1.69. The lowest BCUT2D eigenvalue weighted by Gasteiger charge is -2.32. The molecule has 1 rings (SSSR count). The van der Waals surface area contributed by atoms with Crippen LogP contribution in [0.4, 0.5) is 4.79 Å². The second-order valence-electron chi connectivity index (χ2n) is 6.76. The Bertz CT molecular complexity index is 514. The summed E-state index contributed by atoms with van der Waals surface area (Å²) >= 11 is 0. The molecule has 168 valence electrons. The molecule has 0 radical (unpaired) electrons. The molecule has 0 saturated carbocycles. The zero-order chi connectivity index (χ0) is 21.5. The number of aliphatic hydroxyl groups excluding tert-OH is 1. The molecule has 0 saturated heterocycles. The van der Waals surface area contributed by atoms with Gasteiger partial charge in [0.1, 0.15) is 6.10 Å². The SMILES string of the molecule is CC1C/C=C/[C@H](OC(=O)NCCOCCOCCOCCO)CC[C@@]1(O)C(=O)O. The molecule has 4 N–H and O–H groups in total. The van der Waals surface area contributed by atoms with Crippen molar-refractivity contribution in [1.29, 1.82) is 0 Å². The van der Waals surface area contributed by atoms with Crippen molar-refractivity contribution in [2.24, 2.45) is 5.92 Å². The lowest BCUT2D eigenvalue weighted by molar-refractivity contribution is -0.165. The third kappa shape index (κ3) is 10.0. The smallest absolute Gasteiger partial charge is 0.407 e. The van der Waals surface area contributed by atoms with Crippen LogP contribution in [0.3, 0.4) is 0 Å². The number of hydrogen-bond donors (Lipinski definition) is 4. The Morgan fingerprint density at radius 2 is 1.72 bits per heavy atom. The number of allylic oxidation sites excluding steroid dienone is 1. The van der Waals surface area contributed by atoms with Crippen molar-refractivity contribution in [2.45, 2.75) is 37.9 Å². The Morgan fingerprint density at radius 1 is 1.10 bits per heavy atom. The lowest BCUT2D eigenvalue weighted by Crippen LogP contribution is -2.46. The number of carboxylic acids is 1. The number of carbonyl (C=O) groups excluding carboxylic acids is 1. The van der Waals surface area contributed by atoms with Crippen LogP contribution in [0.25, 0.3) is 0 Å². The molecule has 0 aliphatic heterocycles. The van der Waals surface area contributed by atoms with Crippen molar-refractivity contribution < 1.29 is 43.9 Å². The topological polar surface area (TPSA) is 144 Å². The van der Waals surface area contributed by atoms with E-state index in [1.165, 1.54) is 0 Å². The van der Waals surface area contributed by atoms with Crippen molar-refractivity contribution in [3.8, 4) is 0 Å². The van der Waals surface area contributed by atoms with Gasteiger partial charge in [0.05, 0.1) is 46.2 Å². The lowest BCUT2D eigenvalue weighted by atomic mass is 9.80. The Morgan fingerprint density at radius 3 is 2.34 bits per heavy atom. The minimum atomic E-state index is -1.83. The van der Waals surface area contributed by atoms with Gasteiger partial charge in [-0.25, -0.2) is 9.59 Å². The number of carboxylic acid groups (broad SMARTS) is 1. The quantitative estimate of drug-likeness (QED) is 0.245. The Kier molecular flexibility index (Phi) is 12.5. The molecule has 0 aromatic rings. The minimum absolute atomic E-state index is 0.0000617. The summed E-state index contributed by atoms with van der Waals surface area (Å²) in [5.41, 5.74) is -1.83. The predicted octanol–water partition coefficient (Wildman–Crippen LogP) is 0.315. The van der Waals surface area contributed by atoms with Crippen LogP contribution < -0.4 is 5.32 Å². The van der Waals surface area contributed by atoms with Crippen LogP contribution in [0.1, 0.15) is 26.2 Å². The van der Waals surface area contributed by atoms with E-state index >= 15 is 0 Å². The molecule has 1 amide bonds. The van der Waals surface area contributed by atoms with Gasteiger partial charge in [-0.1, -0.05) is 13.0 Å². The van der Waals surface area contributed by atoms with Gasteiger partial charge in [-0.3, -0.25) is 0 Å². The van der Waals surface area contributed by atoms with Crippen LogP contribution in [0, 0.1) is 5.92 Å². The molecule has 0 aromatic carbocycles. The first-order valence-corrected chi connectivity index (χ1v) is 9.81. The van der Waals surface area contributed by atoms with E-state index in [1.807, 2.05) is 0 Å². The van der Waals surface area contributed by atoms with Crippen LogP contribution in [0.15, 0.2) is 12.2 Å². The van der Waals surface area contributed by atoms with Crippen LogP contribution in [-0.4, -0.2) is 91.9 Å². The monoisotopic (exact) mass is 419 g/mol. The number of alkyl carbamates (subject to hydrolysis) is 1. The summed E-state index contributed by atoms with van der Waals surface area (Å²) in [7, 11) is 0. The highest BCUT2D eigenvalue weighted by molar-refractivity contribution is 5.77. The molecule has 1 aliphatic rings. The number of aliphatic hydroxyl groups is 2. The summed E-state index contributed by atoms with van der Waals surface area (Å²) in [6, 6.07) is 0. The van der Waals surface area contributed by atoms with Crippen LogP contribution in [0.5, 0.6) is 0 Å². The molecular weight excluding hydrogens is 386 g/mol. The van der Waals surface area contributed by atoms with Gasteiger partial charge in [0.2, 0.25) is 0 Å². The molecule has 10 nitrogen and oxygen atoms in total. The standard InChI is InChI=1S/C19H33NO9/c1-15-3-2-4-16(5-6-19(15,25)17(22)23)29-18(24)20-7-9-26-11-13-28-14-12-27-10-8-21/h2,4,15-16,21,25H,3,5-14H2,1H3,(H,20,24)(H,22,23)/b4-2+/t15?,16-,19-/m0/s1. The maximum atomic E-state index is 11.9. The number of hydrogen-bond acceptors (Lipinski definition) is 8. The first-order chi connectivity index (χ1) is 13.9. The molecule has 0 bridgehead atoms. The summed E-state index contributed by atoms with van der Waals surface area (Å²) in [5, 5.41) is 30.7. The van der Waals surface area contributed by atoms with E-state index in [4.69, 9.17) is 24.1 Å². The average Bonchev–Trinajstić information content (AvgIpc) is 2.68. The second-order valence-corrected chi connectivity index (χ2v) is 6.76. The van der Waals surface area contributed by atoms with E-state index in [-0.39, 0.29) is 39.2 Å². The summed E-state index contributed by atoms with van der Waals surface area (Å²) < 4.78 is 20.9. The molecule has 0 aromatic heterocycles. The number of amides is 1. The van der Waals surface area contributed by atoms with Gasteiger partial charge in [-0.05, 0) is 31.3 Å². The second kappa shape index (κ2) is 14.3. The van der Waals surface area contributed by atoms with Crippen molar-refractivity contribution in [1.82, 2.24) is 5.32 Å². The summed E-state index contributed by atoms with van der Waals surface area (Å²) in [4.78, 5) is 23.2. The molecule has 0 fully saturated rings. The molecule has 0 heterocycles. The molecule has 0 spiro atoms. The van der Waals surface area contributed by atoms with Gasteiger partial charge in [0.15, 0.2) is 5.60 Å². The predicted molar refractivity (Wildman–Crippen MR) is 103 cm³/mol. The van der Waals surface area contributed by atoms with Crippen LogP contribution in [-0.2, 0) is 23.7 Å². The maximum Gasteiger partial charge on any atom is 0.407 e. The molecule has 1 unspecified atom stereocenters. The largest absolute Gasteiger partial charge is 0.479 e. The summed E-state index contributed by atoms with van der Waals surface area (Å²) in [6.07, 6.45) is 2.81. The van der Waals surface area contributed by atoms with Crippen molar-refractivity contribution >= 4 is 12.1 Å². The van der Waals surface area contributed by atoms with Gasteiger partial charge < -0.3 is 39.6 Å². The van der Waals surface area contributed by atoms with Crippen molar-refractivity contribution in [3.05, 3.63) is 12.2 Å². The van der Waals surface area contributed by atoms with Gasteiger partial charge in [0.25, 0.3) is 0 Å². The van der Waals surface area contributed by atoms with E-state index in [9.17, 15) is 19.8 Å². The normalized spacial score (nSPS) is 25.6. The number of rotatable bonds is 13. The third-order valence-corrected chi connectivity index (χ3v) is 4.59. The molecular formula is C19H33NO9. The van der Waals surface area contributed by atoms with E-state index in [1.54, 1.807) is 19.1 Å². The van der Waals surface area contributed by atoms with E-state index in [2.05, 4.69) is 5.32 Å². The zero-order valence-corrected chi connectivity index (χ0v) is 16.9. The fraction of sp³-hybridized carbons (Fsp3) is 0.789. The summed E-state index contributed by atoms with van der Waals surface area (Å²) in [6.45, 7) is 4.09. The van der Waals surface area contributed by atoms with Gasteiger partial charge in [-0.2, -0.15) is 0 Å². The number of aliphatic carboxylic acids is 1. The first-order valence-electron chi connectivity index (χ1n) is 9.81. The van der Waals surface area contributed by atoms with Crippen molar-refractivity contribution in [3.63, 3.8) is 0 Å². The van der Waals surface area contributed by atoms with Crippen molar-refractivity contribution in [2.75, 3.05) is 52.8 Å². The minimum Gasteiger partial charge on any atom is -0.479 e. The van der Waals surface area contributed by atoms with Gasteiger partial charge >= 0.3 is 12.1 Å². The zero-order valence-electron chi connectivity index (χ0n) is 16.9. The Balaban J connectivity index is 2.14. The van der Waals surface area contributed by atoms with E-state index in [0.29, 0.717) is 32.8 Å². The highest BCUT2D eigenvalue weighted by Gasteiger charge is 2.42. The molecule has 3 atom stereocenters. The highest BCUT2D eigenvalue weighted by atomic mass is 16.6. The van der Waals surface area contributed by atoms with Gasteiger partial charge in [-0.15, -0.1) is 0 Å². The van der Waals surface area contributed by atoms with Crippen LogP contribution >= 0.6 is 0 Å². The number of carbonyl (C=O) groups is 2. The molecule has 10 heteroatoms. The average molecular weight is 419 g/mol. The first kappa shape index (κ1) is 25.3. The molecule has 1 aliphatic carbocycles. The highest BCUT2D eigenvalue weighted by Crippen LogP contribution is 2.30. The molecule has 29 heavy (non-hydrogen) atoms. The third-order valence-electron chi connectivity index (χ3n) is 4.59. The number of nitrogens with one attached hydrogen (secondary N) is 1. The Hall–Kier alpha value is -1.72. The van der Waals surface area contributed by atoms with Crippen LogP contribution in [0.2, 0.25) is 0 Å². The van der Waals surface area contributed by atoms with E-state index < -0.39 is 29.7 Å². The Labute approximate surface area is 170 Å². The fourth-order valence-corrected chi connectivity index (χ4v) is 2.76. The fourth-order valence-electron chi connectivity index (χ4n) is 2.76. The van der Waals surface area contributed by atoms with E-state index in [0.717, 1.165) is 0 Å². The maximum absolute atomic E-state index is 11.9. The van der Waals surface area contributed by atoms with Gasteiger partial charge in [0, 0.05) is 6.54 Å².